The standard InChI is InChI=1S/C16H23N3O2/c1-10(2)14-15(20)17-11(3)16(21)19(14)13-8-6-7-12(9-13)18(4)5/h6-11,14H,1-5H3,(H,17,20). The Kier molecular flexibility index (Phi) is 4.21. The fourth-order valence-electron chi connectivity index (χ4n) is 2.63. The Hall–Kier alpha value is -2.04. The van der Waals surface area contributed by atoms with Crippen molar-refractivity contribution in [2.75, 3.05) is 23.9 Å². The van der Waals surface area contributed by atoms with Gasteiger partial charge in [-0.2, -0.15) is 0 Å². The summed E-state index contributed by atoms with van der Waals surface area (Å²) in [7, 11) is 3.90. The van der Waals surface area contributed by atoms with E-state index in [2.05, 4.69) is 5.32 Å². The third-order valence-corrected chi connectivity index (χ3v) is 3.77. The minimum atomic E-state index is -0.490. The van der Waals surface area contributed by atoms with Crippen molar-refractivity contribution in [1.29, 1.82) is 0 Å². The molecule has 2 atom stereocenters. The molecule has 0 saturated carbocycles. The number of piperazine rings is 1. The first-order valence-electron chi connectivity index (χ1n) is 7.23. The van der Waals surface area contributed by atoms with Crippen molar-refractivity contribution in [3.05, 3.63) is 24.3 Å². The second kappa shape index (κ2) is 5.76. The fraction of sp³-hybridized carbons (Fsp3) is 0.500. The zero-order chi connectivity index (χ0) is 15.7. The second-order valence-electron chi connectivity index (χ2n) is 6.04. The summed E-state index contributed by atoms with van der Waals surface area (Å²) < 4.78 is 0. The Morgan fingerprint density at radius 3 is 2.48 bits per heavy atom. The summed E-state index contributed by atoms with van der Waals surface area (Å²) >= 11 is 0. The molecule has 1 heterocycles. The Morgan fingerprint density at radius 1 is 1.24 bits per heavy atom. The van der Waals surface area contributed by atoms with Gasteiger partial charge in [-0.25, -0.2) is 0 Å². The van der Waals surface area contributed by atoms with Crippen molar-refractivity contribution in [3.8, 4) is 0 Å². The molecule has 5 heteroatoms. The molecule has 0 radical (unpaired) electrons. The third kappa shape index (κ3) is 2.86. The van der Waals surface area contributed by atoms with Crippen molar-refractivity contribution in [2.24, 2.45) is 5.92 Å². The lowest BCUT2D eigenvalue weighted by Crippen LogP contribution is -2.64. The lowest BCUT2D eigenvalue weighted by molar-refractivity contribution is -0.134. The third-order valence-electron chi connectivity index (χ3n) is 3.77. The van der Waals surface area contributed by atoms with E-state index in [1.54, 1.807) is 11.8 Å². The maximum atomic E-state index is 12.6. The topological polar surface area (TPSA) is 52.7 Å². The molecule has 2 amide bonds. The van der Waals surface area contributed by atoms with Crippen molar-refractivity contribution in [1.82, 2.24) is 5.32 Å². The van der Waals surface area contributed by atoms with Gasteiger partial charge in [0.1, 0.15) is 12.1 Å². The van der Waals surface area contributed by atoms with Crippen molar-refractivity contribution < 1.29 is 9.59 Å². The maximum Gasteiger partial charge on any atom is 0.250 e. The molecule has 1 aromatic rings. The summed E-state index contributed by atoms with van der Waals surface area (Å²) in [5.74, 6) is -0.110. The number of carbonyl (C=O) groups excluding carboxylic acids is 2. The molecule has 5 nitrogen and oxygen atoms in total. The molecular weight excluding hydrogens is 266 g/mol. The molecule has 1 N–H and O–H groups in total. The van der Waals surface area contributed by atoms with Crippen LogP contribution in [0.3, 0.4) is 0 Å². The fourth-order valence-corrected chi connectivity index (χ4v) is 2.63. The van der Waals surface area contributed by atoms with Gasteiger partial charge in [-0.3, -0.25) is 14.5 Å². The molecular formula is C16H23N3O2. The number of amides is 2. The highest BCUT2D eigenvalue weighted by Crippen LogP contribution is 2.28. The number of anilines is 2. The quantitative estimate of drug-likeness (QED) is 0.920. The van der Waals surface area contributed by atoms with E-state index in [-0.39, 0.29) is 17.7 Å². The van der Waals surface area contributed by atoms with Crippen molar-refractivity contribution in [2.45, 2.75) is 32.9 Å². The van der Waals surface area contributed by atoms with Crippen LogP contribution in [0.1, 0.15) is 20.8 Å². The van der Waals surface area contributed by atoms with Crippen LogP contribution < -0.4 is 15.1 Å². The molecule has 21 heavy (non-hydrogen) atoms. The van der Waals surface area contributed by atoms with Crippen LogP contribution in [0.15, 0.2) is 24.3 Å². The molecule has 114 valence electrons. The molecule has 2 unspecified atom stereocenters. The van der Waals surface area contributed by atoms with Crippen LogP contribution in [0.5, 0.6) is 0 Å². The Labute approximate surface area is 125 Å². The normalized spacial score (nSPS) is 22.5. The van der Waals surface area contributed by atoms with E-state index in [1.807, 2.05) is 57.1 Å². The summed E-state index contributed by atoms with van der Waals surface area (Å²) in [6, 6.07) is 6.75. The number of hydrogen-bond donors (Lipinski definition) is 1. The van der Waals surface area contributed by atoms with Crippen LogP contribution in [-0.4, -0.2) is 38.0 Å². The van der Waals surface area contributed by atoms with Gasteiger partial charge in [-0.05, 0) is 31.0 Å². The first-order valence-corrected chi connectivity index (χ1v) is 7.23. The number of carbonyl (C=O) groups is 2. The van der Waals surface area contributed by atoms with E-state index in [1.165, 1.54) is 0 Å². The summed E-state index contributed by atoms with van der Waals surface area (Å²) in [6.07, 6.45) is 0. The number of hydrogen-bond acceptors (Lipinski definition) is 3. The first kappa shape index (κ1) is 15.4. The minimum absolute atomic E-state index is 0.0458. The molecule has 1 fully saturated rings. The number of nitrogens with zero attached hydrogens (tertiary/aromatic N) is 2. The Morgan fingerprint density at radius 2 is 1.90 bits per heavy atom. The van der Waals surface area contributed by atoms with E-state index in [4.69, 9.17) is 0 Å². The molecule has 0 aliphatic carbocycles. The Balaban J connectivity index is 2.47. The van der Waals surface area contributed by atoms with Gasteiger partial charge in [0, 0.05) is 25.5 Å². The summed E-state index contributed by atoms with van der Waals surface area (Å²) in [5.41, 5.74) is 1.77. The highest BCUT2D eigenvalue weighted by molar-refractivity contribution is 6.08. The molecule has 1 saturated heterocycles. The first-order chi connectivity index (χ1) is 9.82. The van der Waals surface area contributed by atoms with Gasteiger partial charge in [-0.1, -0.05) is 19.9 Å². The van der Waals surface area contributed by atoms with Crippen molar-refractivity contribution >= 4 is 23.2 Å². The molecule has 0 aromatic heterocycles. The molecule has 1 aliphatic heterocycles. The number of benzene rings is 1. The number of rotatable bonds is 3. The van der Waals surface area contributed by atoms with Gasteiger partial charge < -0.3 is 10.2 Å². The molecule has 1 aromatic carbocycles. The summed E-state index contributed by atoms with van der Waals surface area (Å²) in [6.45, 7) is 5.63. The van der Waals surface area contributed by atoms with Gasteiger partial charge in [0.05, 0.1) is 0 Å². The zero-order valence-electron chi connectivity index (χ0n) is 13.3. The van der Waals surface area contributed by atoms with Gasteiger partial charge in [0.25, 0.3) is 0 Å². The van der Waals surface area contributed by atoms with Crippen LogP contribution in [0, 0.1) is 5.92 Å². The lowest BCUT2D eigenvalue weighted by atomic mass is 9.96. The van der Waals surface area contributed by atoms with Crippen LogP contribution in [-0.2, 0) is 9.59 Å². The predicted molar refractivity (Wildman–Crippen MR) is 84.5 cm³/mol. The smallest absolute Gasteiger partial charge is 0.250 e. The summed E-state index contributed by atoms with van der Waals surface area (Å²) in [4.78, 5) is 28.5. The average Bonchev–Trinajstić information content (AvgIpc) is 2.42. The zero-order valence-corrected chi connectivity index (χ0v) is 13.3. The molecule has 0 bridgehead atoms. The summed E-state index contributed by atoms with van der Waals surface area (Å²) in [5, 5.41) is 2.76. The van der Waals surface area contributed by atoms with E-state index in [0.29, 0.717) is 0 Å². The van der Waals surface area contributed by atoms with Crippen LogP contribution in [0.25, 0.3) is 0 Å². The molecule has 1 aliphatic rings. The van der Waals surface area contributed by atoms with Gasteiger partial charge in [0.15, 0.2) is 0 Å². The van der Waals surface area contributed by atoms with E-state index < -0.39 is 12.1 Å². The van der Waals surface area contributed by atoms with Gasteiger partial charge in [-0.15, -0.1) is 0 Å². The van der Waals surface area contributed by atoms with Crippen LogP contribution >= 0.6 is 0 Å². The highest BCUT2D eigenvalue weighted by atomic mass is 16.2. The Bertz CT molecular complexity index is 554. The van der Waals surface area contributed by atoms with E-state index >= 15 is 0 Å². The predicted octanol–water partition coefficient (Wildman–Crippen LogP) is 1.63. The van der Waals surface area contributed by atoms with Crippen molar-refractivity contribution in [3.63, 3.8) is 0 Å². The molecule has 0 spiro atoms. The molecule has 2 rings (SSSR count). The SMILES string of the molecule is CC1NC(=O)C(C(C)C)N(c2cccc(N(C)C)c2)C1=O. The minimum Gasteiger partial charge on any atom is -0.378 e. The lowest BCUT2D eigenvalue weighted by Gasteiger charge is -2.40. The van der Waals surface area contributed by atoms with Gasteiger partial charge >= 0.3 is 0 Å². The maximum absolute atomic E-state index is 12.6. The van der Waals surface area contributed by atoms with Crippen LogP contribution in [0.2, 0.25) is 0 Å². The highest BCUT2D eigenvalue weighted by Gasteiger charge is 2.41. The van der Waals surface area contributed by atoms with Gasteiger partial charge in [0.2, 0.25) is 11.8 Å². The van der Waals surface area contributed by atoms with E-state index in [9.17, 15) is 9.59 Å². The second-order valence-corrected chi connectivity index (χ2v) is 6.04. The average molecular weight is 289 g/mol. The monoisotopic (exact) mass is 289 g/mol. The number of nitrogens with one attached hydrogen (secondary N) is 1. The van der Waals surface area contributed by atoms with Crippen LogP contribution in [0.4, 0.5) is 11.4 Å². The van der Waals surface area contributed by atoms with E-state index in [0.717, 1.165) is 11.4 Å². The largest absolute Gasteiger partial charge is 0.378 e.